The van der Waals surface area contributed by atoms with Crippen LogP contribution in [0.3, 0.4) is 0 Å². The second-order valence-corrected chi connectivity index (χ2v) is 9.04. The van der Waals surface area contributed by atoms with Crippen LogP contribution in [0.2, 0.25) is 0 Å². The van der Waals surface area contributed by atoms with Crippen molar-refractivity contribution >= 4 is 23.2 Å². The van der Waals surface area contributed by atoms with Gasteiger partial charge in [0.05, 0.1) is 6.04 Å². The van der Waals surface area contributed by atoms with Gasteiger partial charge in [0.15, 0.2) is 0 Å². The third-order valence-corrected chi connectivity index (χ3v) is 6.07. The highest BCUT2D eigenvalue weighted by molar-refractivity contribution is 6.07. The van der Waals surface area contributed by atoms with Gasteiger partial charge in [0, 0.05) is 29.4 Å². The summed E-state index contributed by atoms with van der Waals surface area (Å²) in [6.07, 6.45) is 1.04. The van der Waals surface area contributed by atoms with Gasteiger partial charge in [0.25, 0.3) is 5.91 Å². The molecule has 2 atom stereocenters. The van der Waals surface area contributed by atoms with Crippen molar-refractivity contribution in [2.45, 2.75) is 45.7 Å². The van der Waals surface area contributed by atoms with Crippen molar-refractivity contribution in [1.29, 1.82) is 0 Å². The molecule has 0 fully saturated rings. The number of hydrogen-bond acceptors (Lipinski definition) is 2. The van der Waals surface area contributed by atoms with Crippen LogP contribution in [0.4, 0.5) is 15.8 Å². The average Bonchev–Trinajstić information content (AvgIpc) is 2.79. The third kappa shape index (κ3) is 4.68. The van der Waals surface area contributed by atoms with Crippen molar-refractivity contribution in [3.05, 3.63) is 95.8 Å². The molecular formula is C28H29FN2O2. The second kappa shape index (κ2) is 9.57. The maximum absolute atomic E-state index is 13.4. The lowest BCUT2D eigenvalue weighted by Crippen LogP contribution is -2.48. The molecule has 0 spiro atoms. The van der Waals surface area contributed by atoms with Gasteiger partial charge >= 0.3 is 0 Å². The van der Waals surface area contributed by atoms with E-state index >= 15 is 0 Å². The van der Waals surface area contributed by atoms with Gasteiger partial charge in [-0.3, -0.25) is 9.59 Å². The van der Waals surface area contributed by atoms with Crippen molar-refractivity contribution in [2.24, 2.45) is 5.92 Å². The Bertz CT molecular complexity index is 1130. The number of nitrogens with zero attached hydrogens (tertiary/aromatic N) is 2. The summed E-state index contributed by atoms with van der Waals surface area (Å²) in [5, 5.41) is 0. The van der Waals surface area contributed by atoms with Crippen LogP contribution < -0.4 is 9.80 Å². The fourth-order valence-electron chi connectivity index (χ4n) is 4.60. The van der Waals surface area contributed by atoms with E-state index in [1.807, 2.05) is 80.3 Å². The quantitative estimate of drug-likeness (QED) is 0.458. The van der Waals surface area contributed by atoms with Crippen LogP contribution in [-0.2, 0) is 4.79 Å². The van der Waals surface area contributed by atoms with Crippen molar-refractivity contribution < 1.29 is 14.0 Å². The molecule has 170 valence electrons. The van der Waals surface area contributed by atoms with Gasteiger partial charge in [-0.15, -0.1) is 0 Å². The van der Waals surface area contributed by atoms with E-state index in [4.69, 9.17) is 0 Å². The number of rotatable bonds is 5. The molecule has 33 heavy (non-hydrogen) atoms. The first-order valence-corrected chi connectivity index (χ1v) is 11.4. The van der Waals surface area contributed by atoms with Crippen LogP contribution in [0.1, 0.15) is 55.6 Å². The fourth-order valence-corrected chi connectivity index (χ4v) is 4.60. The molecule has 1 aliphatic heterocycles. The summed E-state index contributed by atoms with van der Waals surface area (Å²) in [6.45, 7) is 6.09. The minimum Gasteiger partial charge on any atom is -0.305 e. The average molecular weight is 445 g/mol. The molecule has 4 nitrogen and oxygen atoms in total. The Kier molecular flexibility index (Phi) is 6.59. The third-order valence-electron chi connectivity index (χ3n) is 6.07. The summed E-state index contributed by atoms with van der Waals surface area (Å²) in [5.74, 6) is -0.243. The van der Waals surface area contributed by atoms with Crippen LogP contribution in [-0.4, -0.2) is 17.9 Å². The molecule has 0 N–H and O–H groups in total. The Morgan fingerprint density at radius 1 is 0.970 bits per heavy atom. The first-order valence-electron chi connectivity index (χ1n) is 11.4. The fraction of sp³-hybridized carbons (Fsp3) is 0.286. The molecule has 0 radical (unpaired) electrons. The van der Waals surface area contributed by atoms with E-state index in [1.54, 1.807) is 4.90 Å². The van der Waals surface area contributed by atoms with E-state index in [-0.39, 0.29) is 35.6 Å². The van der Waals surface area contributed by atoms with Crippen LogP contribution in [0, 0.1) is 11.7 Å². The molecule has 0 bridgehead atoms. The maximum atomic E-state index is 13.4. The first-order chi connectivity index (χ1) is 15.9. The molecule has 0 aliphatic carbocycles. The molecule has 0 saturated heterocycles. The summed E-state index contributed by atoms with van der Waals surface area (Å²) >= 11 is 0. The second-order valence-electron chi connectivity index (χ2n) is 9.04. The molecule has 1 aliphatic rings. The number of para-hydroxylation sites is 2. The normalized spacial score (nSPS) is 17.5. The van der Waals surface area contributed by atoms with Crippen molar-refractivity contribution in [3.8, 4) is 0 Å². The number of fused-ring (bicyclic) bond motifs is 1. The molecule has 1 heterocycles. The smallest absolute Gasteiger partial charge is 0.258 e. The topological polar surface area (TPSA) is 40.6 Å². The summed E-state index contributed by atoms with van der Waals surface area (Å²) in [7, 11) is 0. The van der Waals surface area contributed by atoms with Crippen LogP contribution in [0.15, 0.2) is 78.9 Å². The largest absolute Gasteiger partial charge is 0.305 e. The number of benzene rings is 3. The Labute approximate surface area is 194 Å². The summed E-state index contributed by atoms with van der Waals surface area (Å²) in [6, 6.07) is 22.8. The van der Waals surface area contributed by atoms with E-state index in [2.05, 4.69) is 0 Å². The lowest BCUT2D eigenvalue weighted by molar-refractivity contribution is -0.119. The number of carbonyl (C=O) groups is 2. The molecular weight excluding hydrogens is 415 g/mol. The van der Waals surface area contributed by atoms with Gasteiger partial charge in [-0.1, -0.05) is 50.2 Å². The minimum atomic E-state index is -0.374. The zero-order valence-corrected chi connectivity index (χ0v) is 19.2. The Morgan fingerprint density at radius 3 is 2.27 bits per heavy atom. The van der Waals surface area contributed by atoms with E-state index in [0.29, 0.717) is 18.4 Å². The van der Waals surface area contributed by atoms with Gasteiger partial charge in [-0.25, -0.2) is 4.39 Å². The van der Waals surface area contributed by atoms with Crippen molar-refractivity contribution in [1.82, 2.24) is 0 Å². The SMILES string of the molecule is CC(C)CC(=O)N(c1ccccc1)C1CC(C)N(C(=O)c2ccc(F)cc2)c2ccccc21. The molecule has 2 unspecified atom stereocenters. The van der Waals surface area contributed by atoms with Crippen LogP contribution in [0.25, 0.3) is 0 Å². The Balaban J connectivity index is 1.77. The monoisotopic (exact) mass is 444 g/mol. The lowest BCUT2D eigenvalue weighted by atomic mass is 9.89. The maximum Gasteiger partial charge on any atom is 0.258 e. The van der Waals surface area contributed by atoms with Crippen LogP contribution >= 0.6 is 0 Å². The van der Waals surface area contributed by atoms with E-state index in [9.17, 15) is 14.0 Å². The molecule has 5 heteroatoms. The Hall–Kier alpha value is -3.47. The number of anilines is 2. The first kappa shape index (κ1) is 22.7. The highest BCUT2D eigenvalue weighted by atomic mass is 19.1. The van der Waals surface area contributed by atoms with Gasteiger partial charge in [-0.05, 0) is 67.3 Å². The number of amides is 2. The van der Waals surface area contributed by atoms with Gasteiger partial charge in [-0.2, -0.15) is 0 Å². The molecule has 3 aromatic rings. The highest BCUT2D eigenvalue weighted by Gasteiger charge is 2.38. The van der Waals surface area contributed by atoms with Crippen molar-refractivity contribution in [2.75, 3.05) is 9.80 Å². The lowest BCUT2D eigenvalue weighted by Gasteiger charge is -2.43. The van der Waals surface area contributed by atoms with Gasteiger partial charge in [0.1, 0.15) is 5.82 Å². The zero-order chi connectivity index (χ0) is 23.5. The van der Waals surface area contributed by atoms with Crippen molar-refractivity contribution in [3.63, 3.8) is 0 Å². The summed E-state index contributed by atoms with van der Waals surface area (Å²) < 4.78 is 13.4. The highest BCUT2D eigenvalue weighted by Crippen LogP contribution is 2.43. The molecule has 2 amide bonds. The Morgan fingerprint density at radius 2 is 1.61 bits per heavy atom. The number of carbonyl (C=O) groups excluding carboxylic acids is 2. The molecule has 0 saturated carbocycles. The van der Waals surface area contributed by atoms with E-state index in [0.717, 1.165) is 16.9 Å². The molecule has 3 aromatic carbocycles. The zero-order valence-electron chi connectivity index (χ0n) is 19.2. The van der Waals surface area contributed by atoms with E-state index in [1.165, 1.54) is 24.3 Å². The van der Waals surface area contributed by atoms with Gasteiger partial charge in [0.2, 0.25) is 5.91 Å². The predicted molar refractivity (Wildman–Crippen MR) is 130 cm³/mol. The number of hydrogen-bond donors (Lipinski definition) is 0. The standard InChI is InChI=1S/C28H29FN2O2/c1-19(2)17-27(32)31(23-9-5-4-6-10-23)26-18-20(3)30(25-12-8-7-11-24(25)26)28(33)21-13-15-22(29)16-14-21/h4-16,19-20,26H,17-18H2,1-3H3. The summed E-state index contributed by atoms with van der Waals surface area (Å²) in [4.78, 5) is 30.6. The minimum absolute atomic E-state index is 0.0708. The molecule has 0 aromatic heterocycles. The number of halogens is 1. The molecule has 4 rings (SSSR count). The van der Waals surface area contributed by atoms with Gasteiger partial charge < -0.3 is 9.80 Å². The predicted octanol–water partition coefficient (Wildman–Crippen LogP) is 6.39. The van der Waals surface area contributed by atoms with Crippen LogP contribution in [0.5, 0.6) is 0 Å². The van der Waals surface area contributed by atoms with E-state index < -0.39 is 0 Å². The summed E-state index contributed by atoms with van der Waals surface area (Å²) in [5.41, 5.74) is 3.02.